The van der Waals surface area contributed by atoms with E-state index in [1.165, 1.54) is 0 Å². The number of halogens is 3. The van der Waals surface area contributed by atoms with E-state index in [-0.39, 0.29) is 31.3 Å². The normalized spacial score (nSPS) is 20.4. The van der Waals surface area contributed by atoms with E-state index in [9.17, 15) is 14.4 Å². The Morgan fingerprint density at radius 2 is 1.52 bits per heavy atom. The molecular weight excluding hydrogens is 667 g/mol. The number of amides is 1. The molecule has 0 bridgehead atoms. The summed E-state index contributed by atoms with van der Waals surface area (Å²) in [7, 11) is 0. The molecule has 1 N–H and O–H groups in total. The molecular formula is C16H16I3NO5. The Labute approximate surface area is 186 Å². The zero-order chi connectivity index (χ0) is 18.7. The minimum atomic E-state index is -0.444. The summed E-state index contributed by atoms with van der Waals surface area (Å²) in [6.07, 6.45) is 1.09. The van der Waals surface area contributed by atoms with Gasteiger partial charge in [0, 0.05) is 27.8 Å². The molecule has 0 aromatic heterocycles. The van der Waals surface area contributed by atoms with Gasteiger partial charge in [-0.15, -0.1) is 0 Å². The van der Waals surface area contributed by atoms with Crippen molar-refractivity contribution in [2.45, 2.75) is 20.1 Å². The summed E-state index contributed by atoms with van der Waals surface area (Å²) in [6.45, 7) is 4.52. The fourth-order valence-electron chi connectivity index (χ4n) is 2.30. The van der Waals surface area contributed by atoms with Crippen LogP contribution in [0.5, 0.6) is 0 Å². The first-order valence-corrected chi connectivity index (χ1v) is 10.7. The van der Waals surface area contributed by atoms with Gasteiger partial charge in [-0.3, -0.25) is 14.4 Å². The van der Waals surface area contributed by atoms with Crippen molar-refractivity contribution in [3.63, 3.8) is 0 Å². The van der Waals surface area contributed by atoms with Crippen molar-refractivity contribution in [2.75, 3.05) is 18.5 Å². The molecule has 1 heterocycles. The van der Waals surface area contributed by atoms with Gasteiger partial charge in [0.05, 0.1) is 24.8 Å². The summed E-state index contributed by atoms with van der Waals surface area (Å²) in [5.41, 5.74) is 1.27. The number of hydrogen-bond donors (Lipinski definition) is 1. The van der Waals surface area contributed by atoms with Crippen molar-refractivity contribution in [1.82, 2.24) is 0 Å². The first-order valence-electron chi connectivity index (χ1n) is 7.46. The predicted molar refractivity (Wildman–Crippen MR) is 118 cm³/mol. The summed E-state index contributed by atoms with van der Waals surface area (Å²) in [5, 5.41) is 2.83. The number of benzene rings is 1. The van der Waals surface area contributed by atoms with E-state index in [1.54, 1.807) is 0 Å². The smallest absolute Gasteiger partial charge is 0.232 e. The number of aldehydes is 2. The quantitative estimate of drug-likeness (QED) is 0.379. The Bertz CT molecular complexity index is 664. The van der Waals surface area contributed by atoms with Gasteiger partial charge in [-0.1, -0.05) is 13.8 Å². The van der Waals surface area contributed by atoms with Gasteiger partial charge in [-0.05, 0) is 67.8 Å². The highest BCUT2D eigenvalue weighted by Crippen LogP contribution is 2.34. The van der Waals surface area contributed by atoms with E-state index in [0.29, 0.717) is 40.1 Å². The number of carbonyl (C=O) groups is 3. The second-order valence-electron chi connectivity index (χ2n) is 5.85. The number of rotatable bonds is 5. The van der Waals surface area contributed by atoms with Crippen LogP contribution in [0.1, 0.15) is 34.6 Å². The molecule has 0 aliphatic carbocycles. The number of anilines is 1. The summed E-state index contributed by atoms with van der Waals surface area (Å²) in [4.78, 5) is 35.3. The molecule has 25 heavy (non-hydrogen) atoms. The Morgan fingerprint density at radius 3 is 1.92 bits per heavy atom. The zero-order valence-electron chi connectivity index (χ0n) is 13.5. The Balaban J connectivity index is 2.24. The van der Waals surface area contributed by atoms with Gasteiger partial charge in [0.15, 0.2) is 18.9 Å². The average Bonchev–Trinajstić information content (AvgIpc) is 2.59. The van der Waals surface area contributed by atoms with Crippen LogP contribution in [0.3, 0.4) is 0 Å². The van der Waals surface area contributed by atoms with Crippen LogP contribution in [0.15, 0.2) is 0 Å². The first kappa shape index (κ1) is 21.4. The van der Waals surface area contributed by atoms with Gasteiger partial charge in [0.2, 0.25) is 5.91 Å². The van der Waals surface area contributed by atoms with E-state index in [1.807, 2.05) is 81.6 Å². The molecule has 1 amide bonds. The maximum absolute atomic E-state index is 12.6. The monoisotopic (exact) mass is 683 g/mol. The zero-order valence-corrected chi connectivity index (χ0v) is 19.9. The minimum absolute atomic E-state index is 0.215. The highest BCUT2D eigenvalue weighted by molar-refractivity contribution is 14.1. The molecule has 1 aromatic carbocycles. The second-order valence-corrected chi connectivity index (χ2v) is 9.08. The van der Waals surface area contributed by atoms with Gasteiger partial charge in [-0.2, -0.15) is 0 Å². The van der Waals surface area contributed by atoms with Gasteiger partial charge in [0.25, 0.3) is 0 Å². The molecule has 0 atom stereocenters. The molecule has 1 aromatic rings. The topological polar surface area (TPSA) is 81.7 Å². The van der Waals surface area contributed by atoms with Gasteiger partial charge in [-0.25, -0.2) is 0 Å². The van der Waals surface area contributed by atoms with E-state index >= 15 is 0 Å². The highest BCUT2D eigenvalue weighted by Gasteiger charge is 2.30. The van der Waals surface area contributed by atoms with Gasteiger partial charge in [0.1, 0.15) is 0 Å². The number of nitrogens with one attached hydrogen (secondary N) is 1. The van der Waals surface area contributed by atoms with E-state index in [2.05, 4.69) is 5.32 Å². The second kappa shape index (κ2) is 9.37. The number of hydrogen-bond acceptors (Lipinski definition) is 5. The third-order valence-corrected chi connectivity index (χ3v) is 7.11. The van der Waals surface area contributed by atoms with Crippen LogP contribution in [-0.4, -0.2) is 38.0 Å². The summed E-state index contributed by atoms with van der Waals surface area (Å²) < 4.78 is 13.0. The first-order chi connectivity index (χ1) is 11.8. The molecule has 0 spiro atoms. The summed E-state index contributed by atoms with van der Waals surface area (Å²) >= 11 is 5.98. The van der Waals surface area contributed by atoms with Crippen LogP contribution in [-0.2, 0) is 14.3 Å². The Hall–Kier alpha value is 0.140. The average molecular weight is 683 g/mol. The van der Waals surface area contributed by atoms with Crippen molar-refractivity contribution in [3.8, 4) is 0 Å². The molecule has 1 aliphatic heterocycles. The molecule has 1 saturated heterocycles. The maximum atomic E-state index is 12.6. The Kier molecular flexibility index (Phi) is 8.04. The van der Waals surface area contributed by atoms with Crippen LogP contribution >= 0.6 is 67.8 Å². The minimum Gasteiger partial charge on any atom is -0.351 e. The van der Waals surface area contributed by atoms with Gasteiger partial charge < -0.3 is 14.8 Å². The van der Waals surface area contributed by atoms with Gasteiger partial charge >= 0.3 is 0 Å². The fourth-order valence-corrected chi connectivity index (χ4v) is 6.24. The SMILES string of the molecule is CC(C)C1OCC(C(=O)Nc2c(I)c(C=O)c(I)c(C=O)c2I)CO1. The number of carbonyl (C=O) groups excluding carboxylic acids is 3. The molecule has 9 heteroatoms. The van der Waals surface area contributed by atoms with Crippen LogP contribution < -0.4 is 5.32 Å². The fraction of sp³-hybridized carbons (Fsp3) is 0.438. The maximum Gasteiger partial charge on any atom is 0.232 e. The van der Waals surface area contributed by atoms with Crippen LogP contribution in [0.25, 0.3) is 0 Å². The van der Waals surface area contributed by atoms with E-state index < -0.39 is 5.92 Å². The summed E-state index contributed by atoms with van der Waals surface area (Å²) in [5.74, 6) is -0.486. The van der Waals surface area contributed by atoms with E-state index in [4.69, 9.17) is 9.47 Å². The third-order valence-electron chi connectivity index (χ3n) is 3.71. The molecule has 6 nitrogen and oxygen atoms in total. The lowest BCUT2D eigenvalue weighted by atomic mass is 10.1. The Morgan fingerprint density at radius 1 is 1.04 bits per heavy atom. The lowest BCUT2D eigenvalue weighted by Crippen LogP contribution is -2.41. The van der Waals surface area contributed by atoms with Crippen molar-refractivity contribution < 1.29 is 23.9 Å². The number of ether oxygens (including phenoxy) is 2. The molecule has 136 valence electrons. The van der Waals surface area contributed by atoms with Crippen molar-refractivity contribution in [3.05, 3.63) is 21.8 Å². The molecule has 1 aliphatic rings. The third kappa shape index (κ3) is 4.71. The lowest BCUT2D eigenvalue weighted by Gasteiger charge is -2.31. The van der Waals surface area contributed by atoms with Crippen molar-refractivity contribution in [2.24, 2.45) is 11.8 Å². The standard InChI is InChI=1S/C16H16I3NO5/c1-7(2)16-24-5-8(6-25-16)15(23)20-14-12(18)9(3-21)11(17)10(4-22)13(14)19/h3-4,7-8,16H,5-6H2,1-2H3,(H,20,23). The molecule has 0 saturated carbocycles. The largest absolute Gasteiger partial charge is 0.351 e. The molecule has 0 radical (unpaired) electrons. The summed E-state index contributed by atoms with van der Waals surface area (Å²) in [6, 6.07) is 0. The predicted octanol–water partition coefficient (Wildman–Crippen LogP) is 3.71. The molecule has 2 rings (SSSR count). The highest BCUT2D eigenvalue weighted by atomic mass is 127. The molecule has 1 fully saturated rings. The van der Waals surface area contributed by atoms with Crippen LogP contribution in [0.4, 0.5) is 5.69 Å². The lowest BCUT2D eigenvalue weighted by molar-refractivity contribution is -0.217. The van der Waals surface area contributed by atoms with Crippen molar-refractivity contribution >= 4 is 91.9 Å². The van der Waals surface area contributed by atoms with Crippen molar-refractivity contribution in [1.29, 1.82) is 0 Å². The van der Waals surface area contributed by atoms with E-state index in [0.717, 1.165) is 0 Å². The van der Waals surface area contributed by atoms with Crippen LogP contribution in [0, 0.1) is 22.5 Å². The van der Waals surface area contributed by atoms with Crippen LogP contribution in [0.2, 0.25) is 0 Å². The molecule has 0 unspecified atom stereocenters.